The maximum absolute atomic E-state index is 5.10. The lowest BCUT2D eigenvalue weighted by molar-refractivity contribution is 0.556. The van der Waals surface area contributed by atoms with Crippen molar-refractivity contribution < 1.29 is 4.65 Å². The molecule has 0 aromatic carbocycles. The maximum Gasteiger partial charge on any atom is 0.326 e. The van der Waals surface area contributed by atoms with Crippen LogP contribution in [-0.2, 0) is 6.54 Å². The zero-order valence-electron chi connectivity index (χ0n) is 13.3. The van der Waals surface area contributed by atoms with E-state index >= 15 is 0 Å². The van der Waals surface area contributed by atoms with Gasteiger partial charge in [0.15, 0.2) is 0 Å². The van der Waals surface area contributed by atoms with Crippen LogP contribution in [0.3, 0.4) is 0 Å². The molecule has 0 bridgehead atoms. The van der Waals surface area contributed by atoms with E-state index in [9.17, 15) is 0 Å². The molecule has 1 fully saturated rings. The van der Waals surface area contributed by atoms with Crippen LogP contribution in [0.1, 0.15) is 35.7 Å². The summed E-state index contributed by atoms with van der Waals surface area (Å²) in [6.45, 7) is 2.53. The van der Waals surface area contributed by atoms with Crippen LogP contribution < -0.4 is 9.97 Å². The van der Waals surface area contributed by atoms with Crippen molar-refractivity contribution >= 4 is 19.5 Å². The van der Waals surface area contributed by atoms with Crippen molar-refractivity contribution in [1.82, 2.24) is 19.4 Å². The van der Waals surface area contributed by atoms with Gasteiger partial charge < -0.3 is 14.4 Å². The molecule has 3 aromatic heterocycles. The summed E-state index contributed by atoms with van der Waals surface area (Å²) in [7, 11) is 1.57. The Morgan fingerprint density at radius 2 is 2.13 bits per heavy atom. The average molecular weight is 307 g/mol. The van der Waals surface area contributed by atoms with E-state index in [1.165, 1.54) is 18.4 Å². The lowest BCUT2D eigenvalue weighted by Gasteiger charge is -2.06. The summed E-state index contributed by atoms with van der Waals surface area (Å²) in [6, 6.07) is 6.55. The lowest BCUT2D eigenvalue weighted by atomic mass is 10.2. The zero-order valence-corrected chi connectivity index (χ0v) is 13.3. The average Bonchev–Trinajstić information content (AvgIpc) is 3.31. The third kappa shape index (κ3) is 2.99. The maximum atomic E-state index is 5.10. The Balaban J connectivity index is 1.52. The first-order chi connectivity index (χ1) is 11.2. The Morgan fingerprint density at radius 1 is 1.26 bits per heavy atom. The molecule has 0 amide bonds. The molecule has 3 aromatic rings. The molecule has 0 saturated heterocycles. The van der Waals surface area contributed by atoms with Gasteiger partial charge in [-0.1, -0.05) is 6.07 Å². The van der Waals surface area contributed by atoms with E-state index in [2.05, 4.69) is 49.2 Å². The molecular weight excluding hydrogens is 289 g/mol. The summed E-state index contributed by atoms with van der Waals surface area (Å²) >= 11 is 0. The smallest absolute Gasteiger partial charge is 0.326 e. The normalized spacial score (nSPS) is 14.1. The van der Waals surface area contributed by atoms with E-state index in [1.807, 2.05) is 13.0 Å². The minimum Gasteiger partial charge on any atom is -0.541 e. The van der Waals surface area contributed by atoms with Crippen LogP contribution in [0.5, 0.6) is 6.01 Å². The largest absolute Gasteiger partial charge is 0.541 e. The van der Waals surface area contributed by atoms with E-state index in [0.717, 1.165) is 28.8 Å². The fourth-order valence-corrected chi connectivity index (χ4v) is 2.71. The Labute approximate surface area is 135 Å². The van der Waals surface area contributed by atoms with Crippen LogP contribution in [-0.4, -0.2) is 27.4 Å². The summed E-state index contributed by atoms with van der Waals surface area (Å²) in [5, 5.41) is 3.28. The van der Waals surface area contributed by atoms with Crippen LogP contribution in [0.15, 0.2) is 30.6 Å². The van der Waals surface area contributed by atoms with Gasteiger partial charge in [-0.15, -0.1) is 0 Å². The Hall–Kier alpha value is -2.57. The molecule has 1 saturated carbocycles. The van der Waals surface area contributed by atoms with Gasteiger partial charge in [0.1, 0.15) is 11.5 Å². The molecule has 3 heterocycles. The summed E-state index contributed by atoms with van der Waals surface area (Å²) in [5.74, 6) is 1.49. The van der Waals surface area contributed by atoms with Crippen molar-refractivity contribution in [3.8, 4) is 6.01 Å². The molecule has 1 aliphatic rings. The fraction of sp³-hybridized carbons (Fsp3) is 0.312. The van der Waals surface area contributed by atoms with Crippen molar-refractivity contribution in [2.45, 2.75) is 32.2 Å². The fourth-order valence-electron chi connectivity index (χ4n) is 2.71. The summed E-state index contributed by atoms with van der Waals surface area (Å²) < 4.78 is 7.20. The van der Waals surface area contributed by atoms with Gasteiger partial charge >= 0.3 is 8.05 Å². The van der Waals surface area contributed by atoms with Crippen LogP contribution in [0.2, 0.25) is 0 Å². The molecular formula is C16H18BN5O. The van der Waals surface area contributed by atoms with Crippen molar-refractivity contribution in [3.63, 3.8) is 0 Å². The third-order valence-electron chi connectivity index (χ3n) is 4.04. The zero-order chi connectivity index (χ0) is 15.8. The highest BCUT2D eigenvalue weighted by molar-refractivity contribution is 5.99. The number of nitrogens with one attached hydrogen (secondary N) is 1. The molecule has 1 N–H and O–H groups in total. The van der Waals surface area contributed by atoms with Crippen molar-refractivity contribution in [3.05, 3.63) is 47.5 Å². The van der Waals surface area contributed by atoms with Crippen molar-refractivity contribution in [2.24, 2.45) is 0 Å². The van der Waals surface area contributed by atoms with Crippen molar-refractivity contribution in [1.29, 1.82) is 0 Å². The van der Waals surface area contributed by atoms with Crippen LogP contribution >= 0.6 is 0 Å². The Bertz CT molecular complexity index is 859. The third-order valence-corrected chi connectivity index (χ3v) is 4.04. The highest BCUT2D eigenvalue weighted by Gasteiger charge is 2.23. The number of anilines is 1. The standard InChI is InChI=1S/C16H18BN5O/c1-10-6-14(21-16(19-10)23-17)18-7-13-9-22-8-12(11-2-3-11)4-5-15(22)20-13/h4-6,8-9,11H,2-3,7,17H2,1H3,(H,18,19,21). The molecule has 0 aliphatic heterocycles. The van der Waals surface area contributed by atoms with Gasteiger partial charge in [0.05, 0.1) is 12.2 Å². The van der Waals surface area contributed by atoms with Crippen LogP contribution in [0.4, 0.5) is 5.82 Å². The van der Waals surface area contributed by atoms with E-state index in [0.29, 0.717) is 12.6 Å². The summed E-state index contributed by atoms with van der Waals surface area (Å²) in [6.07, 6.45) is 6.88. The second-order valence-electron chi connectivity index (χ2n) is 5.97. The second kappa shape index (κ2) is 5.57. The monoisotopic (exact) mass is 307 g/mol. The van der Waals surface area contributed by atoms with Gasteiger partial charge in [-0.05, 0) is 37.3 Å². The van der Waals surface area contributed by atoms with Gasteiger partial charge in [0.2, 0.25) is 0 Å². The predicted molar refractivity (Wildman–Crippen MR) is 90.4 cm³/mol. The van der Waals surface area contributed by atoms with Gasteiger partial charge in [-0.25, -0.2) is 9.97 Å². The van der Waals surface area contributed by atoms with Gasteiger partial charge in [-0.3, -0.25) is 0 Å². The molecule has 0 spiro atoms. The number of imidazole rings is 1. The highest BCUT2D eigenvalue weighted by atomic mass is 16.4. The number of hydrogen-bond acceptors (Lipinski definition) is 5. The summed E-state index contributed by atoms with van der Waals surface area (Å²) in [4.78, 5) is 13.1. The van der Waals surface area contributed by atoms with Crippen LogP contribution in [0, 0.1) is 6.92 Å². The molecule has 0 atom stereocenters. The molecule has 0 radical (unpaired) electrons. The quantitative estimate of drug-likeness (QED) is 0.729. The second-order valence-corrected chi connectivity index (χ2v) is 5.97. The predicted octanol–water partition coefficient (Wildman–Crippen LogP) is 1.85. The molecule has 4 rings (SSSR count). The van der Waals surface area contributed by atoms with Crippen LogP contribution in [0.25, 0.3) is 5.65 Å². The van der Waals surface area contributed by atoms with E-state index < -0.39 is 0 Å². The molecule has 0 unspecified atom stereocenters. The van der Waals surface area contributed by atoms with E-state index in [1.54, 1.807) is 8.05 Å². The first-order valence-corrected chi connectivity index (χ1v) is 7.82. The number of aromatic nitrogens is 4. The molecule has 1 aliphatic carbocycles. The molecule has 7 heteroatoms. The van der Waals surface area contributed by atoms with E-state index in [-0.39, 0.29) is 0 Å². The number of nitrogens with zero attached hydrogens (tertiary/aromatic N) is 4. The Morgan fingerprint density at radius 3 is 2.91 bits per heavy atom. The van der Waals surface area contributed by atoms with Gasteiger partial charge in [-0.2, -0.15) is 4.98 Å². The molecule has 6 nitrogen and oxygen atoms in total. The summed E-state index contributed by atoms with van der Waals surface area (Å²) in [5.41, 5.74) is 4.23. The minimum atomic E-state index is 0.372. The highest BCUT2D eigenvalue weighted by Crippen LogP contribution is 2.39. The SMILES string of the molecule is BOc1nc(C)cc(NCc2cn3cc(C4CC4)ccc3n2)n1. The Kier molecular flexibility index (Phi) is 3.40. The number of aryl methyl sites for hydroxylation is 1. The molecule has 23 heavy (non-hydrogen) atoms. The lowest BCUT2D eigenvalue weighted by Crippen LogP contribution is -2.04. The minimum absolute atomic E-state index is 0.372. The first kappa shape index (κ1) is 14.1. The van der Waals surface area contributed by atoms with E-state index in [4.69, 9.17) is 4.65 Å². The van der Waals surface area contributed by atoms with Gasteiger partial charge in [0, 0.05) is 24.2 Å². The first-order valence-electron chi connectivity index (χ1n) is 7.82. The number of rotatable bonds is 5. The number of pyridine rings is 1. The number of hydrogen-bond donors (Lipinski definition) is 1. The number of fused-ring (bicyclic) bond motifs is 1. The molecule has 116 valence electrons. The van der Waals surface area contributed by atoms with Gasteiger partial charge in [0.25, 0.3) is 6.01 Å². The van der Waals surface area contributed by atoms with Crippen molar-refractivity contribution in [2.75, 3.05) is 5.32 Å². The topological polar surface area (TPSA) is 64.3 Å².